The number of nitrogens with zero attached hydrogens (tertiary/aromatic N) is 2. The number of aromatic amines is 1. The van der Waals surface area contributed by atoms with Crippen molar-refractivity contribution in [2.24, 2.45) is 0 Å². The van der Waals surface area contributed by atoms with Crippen LogP contribution in [0.5, 0.6) is 0 Å². The highest BCUT2D eigenvalue weighted by Crippen LogP contribution is 2.24. The third kappa shape index (κ3) is 4.54. The molecule has 5 aromatic rings. The first-order valence-corrected chi connectivity index (χ1v) is 11.5. The number of fused-ring (bicyclic) bond motifs is 1. The highest BCUT2D eigenvalue weighted by atomic mass is 16.2. The largest absolute Gasteiger partial charge is 0.383 e. The van der Waals surface area contributed by atoms with E-state index in [2.05, 4.69) is 4.98 Å². The van der Waals surface area contributed by atoms with Gasteiger partial charge in [0.25, 0.3) is 11.5 Å². The fourth-order valence-electron chi connectivity index (χ4n) is 4.26. The standard InChI is InChI=1S/C29H24N4O3/c30-26-25(27(34)31-29(36)33(26)19-21-11-5-2-6-12-21)32(18-20-9-3-1-4-10-20)28(35)24-16-15-22-13-7-8-14-23(22)17-24/h1-17H,18-19,30H2,(H,31,34,36). The Morgan fingerprint density at radius 1 is 0.778 bits per heavy atom. The van der Waals surface area contributed by atoms with E-state index in [1.165, 1.54) is 9.47 Å². The van der Waals surface area contributed by atoms with E-state index in [-0.39, 0.29) is 24.6 Å². The molecule has 7 heteroatoms. The van der Waals surface area contributed by atoms with E-state index in [9.17, 15) is 14.4 Å². The molecule has 0 radical (unpaired) electrons. The lowest BCUT2D eigenvalue weighted by Crippen LogP contribution is -2.41. The molecule has 0 aliphatic heterocycles. The molecule has 0 saturated carbocycles. The second-order valence-corrected chi connectivity index (χ2v) is 8.50. The molecule has 0 bridgehead atoms. The summed E-state index contributed by atoms with van der Waals surface area (Å²) in [5.41, 5.74) is 7.08. The van der Waals surface area contributed by atoms with Crippen molar-refractivity contribution in [1.82, 2.24) is 9.55 Å². The molecule has 0 spiro atoms. The Morgan fingerprint density at radius 2 is 1.39 bits per heavy atom. The summed E-state index contributed by atoms with van der Waals surface area (Å²) in [5, 5.41) is 1.90. The summed E-state index contributed by atoms with van der Waals surface area (Å²) >= 11 is 0. The zero-order valence-corrected chi connectivity index (χ0v) is 19.4. The van der Waals surface area contributed by atoms with Crippen molar-refractivity contribution in [3.63, 3.8) is 0 Å². The van der Waals surface area contributed by atoms with Crippen molar-refractivity contribution in [3.8, 4) is 0 Å². The van der Waals surface area contributed by atoms with Gasteiger partial charge in [0.2, 0.25) is 0 Å². The first-order valence-electron chi connectivity index (χ1n) is 11.5. The maximum atomic E-state index is 13.9. The lowest BCUT2D eigenvalue weighted by molar-refractivity contribution is 0.0985. The first kappa shape index (κ1) is 22.9. The number of amides is 1. The van der Waals surface area contributed by atoms with Crippen LogP contribution in [0.3, 0.4) is 0 Å². The number of nitrogens with one attached hydrogen (secondary N) is 1. The number of nitrogen functional groups attached to an aromatic ring is 1. The van der Waals surface area contributed by atoms with Crippen molar-refractivity contribution in [1.29, 1.82) is 0 Å². The van der Waals surface area contributed by atoms with Gasteiger partial charge in [-0.3, -0.25) is 24.0 Å². The summed E-state index contributed by atoms with van der Waals surface area (Å²) in [7, 11) is 0. The van der Waals surface area contributed by atoms with Gasteiger partial charge in [-0.05, 0) is 34.0 Å². The van der Waals surface area contributed by atoms with E-state index in [0.29, 0.717) is 5.56 Å². The lowest BCUT2D eigenvalue weighted by Gasteiger charge is -2.25. The zero-order valence-electron chi connectivity index (χ0n) is 19.4. The number of hydrogen-bond acceptors (Lipinski definition) is 4. The molecule has 1 amide bonds. The maximum absolute atomic E-state index is 13.9. The van der Waals surface area contributed by atoms with Crippen LogP contribution in [0.25, 0.3) is 10.8 Å². The molecular weight excluding hydrogens is 452 g/mol. The molecule has 5 rings (SSSR count). The predicted octanol–water partition coefficient (Wildman–Crippen LogP) is 4.17. The van der Waals surface area contributed by atoms with Gasteiger partial charge in [-0.2, -0.15) is 0 Å². The molecule has 0 unspecified atom stereocenters. The molecule has 1 aromatic heterocycles. The van der Waals surface area contributed by atoms with E-state index in [0.717, 1.165) is 21.9 Å². The highest BCUT2D eigenvalue weighted by Gasteiger charge is 2.26. The van der Waals surface area contributed by atoms with Gasteiger partial charge in [-0.15, -0.1) is 0 Å². The number of rotatable bonds is 6. The molecule has 0 saturated heterocycles. The van der Waals surface area contributed by atoms with E-state index < -0.39 is 17.2 Å². The Balaban J connectivity index is 1.64. The summed E-state index contributed by atoms with van der Waals surface area (Å²) in [6, 6.07) is 31.7. The number of aromatic nitrogens is 2. The van der Waals surface area contributed by atoms with E-state index in [1.54, 1.807) is 12.1 Å². The van der Waals surface area contributed by atoms with Crippen molar-refractivity contribution in [2.75, 3.05) is 10.6 Å². The highest BCUT2D eigenvalue weighted by molar-refractivity contribution is 6.09. The van der Waals surface area contributed by atoms with Gasteiger partial charge in [0.05, 0.1) is 13.1 Å². The molecule has 0 fully saturated rings. The number of carbonyl (C=O) groups excluding carboxylic acids is 1. The predicted molar refractivity (Wildman–Crippen MR) is 142 cm³/mol. The van der Waals surface area contributed by atoms with Gasteiger partial charge in [0, 0.05) is 5.56 Å². The number of hydrogen-bond donors (Lipinski definition) is 2. The summed E-state index contributed by atoms with van der Waals surface area (Å²) in [4.78, 5) is 43.4. The van der Waals surface area contributed by atoms with E-state index in [1.807, 2.05) is 91.0 Å². The summed E-state index contributed by atoms with van der Waals surface area (Å²) in [5.74, 6) is -0.468. The van der Waals surface area contributed by atoms with Crippen LogP contribution in [0.1, 0.15) is 21.5 Å². The molecule has 36 heavy (non-hydrogen) atoms. The quantitative estimate of drug-likeness (QED) is 0.384. The van der Waals surface area contributed by atoms with Gasteiger partial charge < -0.3 is 5.73 Å². The van der Waals surface area contributed by atoms with Crippen LogP contribution in [0.4, 0.5) is 11.5 Å². The number of H-pyrrole nitrogens is 1. The smallest absolute Gasteiger partial charge is 0.330 e. The van der Waals surface area contributed by atoms with Crippen LogP contribution in [0, 0.1) is 0 Å². The Morgan fingerprint density at radius 3 is 2.08 bits per heavy atom. The van der Waals surface area contributed by atoms with Gasteiger partial charge in [-0.25, -0.2) is 4.79 Å². The SMILES string of the molecule is Nc1c(N(Cc2ccccc2)C(=O)c2ccc3ccccc3c2)c(=O)[nH]c(=O)n1Cc1ccccc1. The van der Waals surface area contributed by atoms with Crippen LogP contribution in [-0.4, -0.2) is 15.5 Å². The fourth-order valence-corrected chi connectivity index (χ4v) is 4.26. The van der Waals surface area contributed by atoms with Crippen LogP contribution >= 0.6 is 0 Å². The minimum Gasteiger partial charge on any atom is -0.383 e. The maximum Gasteiger partial charge on any atom is 0.330 e. The monoisotopic (exact) mass is 476 g/mol. The molecule has 1 heterocycles. The molecule has 3 N–H and O–H groups in total. The number of anilines is 2. The lowest BCUT2D eigenvalue weighted by atomic mass is 10.1. The summed E-state index contributed by atoms with van der Waals surface area (Å²) in [6.07, 6.45) is 0. The minimum atomic E-state index is -0.716. The van der Waals surface area contributed by atoms with Crippen LogP contribution in [-0.2, 0) is 13.1 Å². The van der Waals surface area contributed by atoms with Gasteiger partial charge in [-0.1, -0.05) is 91.0 Å². The first-order chi connectivity index (χ1) is 17.5. The third-order valence-corrected chi connectivity index (χ3v) is 6.09. The summed E-state index contributed by atoms with van der Waals surface area (Å²) < 4.78 is 1.28. The Bertz CT molecular complexity index is 1660. The molecule has 178 valence electrons. The number of benzene rings is 4. The molecule has 0 aliphatic rings. The molecule has 4 aromatic carbocycles. The van der Waals surface area contributed by atoms with Crippen molar-refractivity contribution in [3.05, 3.63) is 141 Å². The average molecular weight is 477 g/mol. The molecule has 0 aliphatic carbocycles. The fraction of sp³-hybridized carbons (Fsp3) is 0.0690. The van der Waals surface area contributed by atoms with Crippen molar-refractivity contribution >= 4 is 28.2 Å². The van der Waals surface area contributed by atoms with Crippen LogP contribution < -0.4 is 21.9 Å². The second kappa shape index (κ2) is 9.76. The van der Waals surface area contributed by atoms with Crippen molar-refractivity contribution < 1.29 is 4.79 Å². The van der Waals surface area contributed by atoms with Crippen LogP contribution in [0.2, 0.25) is 0 Å². The molecular formula is C29H24N4O3. The average Bonchev–Trinajstić information content (AvgIpc) is 2.91. The second-order valence-electron chi connectivity index (χ2n) is 8.50. The van der Waals surface area contributed by atoms with E-state index in [4.69, 9.17) is 5.73 Å². The number of carbonyl (C=O) groups is 1. The molecule has 0 atom stereocenters. The Hall–Kier alpha value is -4.91. The van der Waals surface area contributed by atoms with Gasteiger partial charge in [0.15, 0.2) is 5.69 Å². The Kier molecular flexibility index (Phi) is 6.19. The Labute approximate surface area is 207 Å². The van der Waals surface area contributed by atoms with Crippen LogP contribution in [0.15, 0.2) is 113 Å². The number of nitrogens with two attached hydrogens (primary N) is 1. The normalized spacial score (nSPS) is 10.9. The minimum absolute atomic E-state index is 0.0625. The summed E-state index contributed by atoms with van der Waals surface area (Å²) in [6.45, 7) is 0.252. The van der Waals surface area contributed by atoms with E-state index >= 15 is 0 Å². The topological polar surface area (TPSA) is 101 Å². The van der Waals surface area contributed by atoms with Gasteiger partial charge in [0.1, 0.15) is 5.82 Å². The van der Waals surface area contributed by atoms with Gasteiger partial charge >= 0.3 is 5.69 Å². The van der Waals surface area contributed by atoms with Crippen molar-refractivity contribution in [2.45, 2.75) is 13.1 Å². The third-order valence-electron chi connectivity index (χ3n) is 6.09. The zero-order chi connectivity index (χ0) is 25.1. The molecule has 7 nitrogen and oxygen atoms in total.